The monoisotopic (exact) mass is 152 g/mol. The third-order valence-electron chi connectivity index (χ3n) is 2.80. The van der Waals surface area contributed by atoms with Crippen molar-refractivity contribution >= 4 is 6.29 Å². The first-order valence-electron chi connectivity index (χ1n) is 4.22. The smallest absolute Gasteiger partial charge is 0.127 e. The van der Waals surface area contributed by atoms with Gasteiger partial charge < -0.3 is 4.79 Å². The summed E-state index contributed by atoms with van der Waals surface area (Å²) in [6.45, 7) is 8.33. The second-order valence-corrected chi connectivity index (χ2v) is 4.04. The number of hydrogen-bond donors (Lipinski definition) is 0. The van der Waals surface area contributed by atoms with Gasteiger partial charge in [-0.1, -0.05) is 32.4 Å². The van der Waals surface area contributed by atoms with Gasteiger partial charge in [0.25, 0.3) is 0 Å². The van der Waals surface area contributed by atoms with Gasteiger partial charge >= 0.3 is 0 Å². The number of rotatable bonds is 1. The molecule has 0 radical (unpaired) electrons. The summed E-state index contributed by atoms with van der Waals surface area (Å²) in [5.41, 5.74) is 1.31. The van der Waals surface area contributed by atoms with Gasteiger partial charge in [0.2, 0.25) is 0 Å². The highest BCUT2D eigenvalue weighted by Crippen LogP contribution is 2.41. The van der Waals surface area contributed by atoms with Gasteiger partial charge in [-0.25, -0.2) is 0 Å². The molecule has 1 aliphatic carbocycles. The van der Waals surface area contributed by atoms with Crippen molar-refractivity contribution < 1.29 is 4.79 Å². The van der Waals surface area contributed by atoms with Crippen molar-refractivity contribution in [2.75, 3.05) is 0 Å². The van der Waals surface area contributed by atoms with E-state index in [9.17, 15) is 4.79 Å². The van der Waals surface area contributed by atoms with Crippen LogP contribution >= 0.6 is 0 Å². The summed E-state index contributed by atoms with van der Waals surface area (Å²) in [5.74, 6) is 0.124. The summed E-state index contributed by atoms with van der Waals surface area (Å²) in [6.07, 6.45) is 4.39. The maximum absolute atomic E-state index is 10.6. The molecule has 0 aromatic carbocycles. The molecule has 0 saturated heterocycles. The Bertz CT molecular complexity index is 179. The van der Waals surface area contributed by atoms with Crippen LogP contribution in [0.4, 0.5) is 0 Å². The van der Waals surface area contributed by atoms with Crippen molar-refractivity contribution in [3.8, 4) is 0 Å². The fourth-order valence-corrected chi connectivity index (χ4v) is 1.75. The van der Waals surface area contributed by atoms with Gasteiger partial charge in [0.1, 0.15) is 6.29 Å². The minimum Gasteiger partial charge on any atom is -0.303 e. The lowest BCUT2D eigenvalue weighted by atomic mass is 9.69. The first kappa shape index (κ1) is 8.51. The number of allylic oxidation sites excluding steroid dienone is 1. The Kier molecular flexibility index (Phi) is 2.17. The lowest BCUT2D eigenvalue weighted by Crippen LogP contribution is -2.26. The SMILES string of the molecule is C=C1C(C=O)CCCC1(C)C. The van der Waals surface area contributed by atoms with Gasteiger partial charge in [0, 0.05) is 5.92 Å². The quantitative estimate of drug-likeness (QED) is 0.417. The van der Waals surface area contributed by atoms with Crippen LogP contribution in [0.25, 0.3) is 0 Å². The van der Waals surface area contributed by atoms with Crippen molar-refractivity contribution in [2.45, 2.75) is 33.1 Å². The summed E-state index contributed by atoms with van der Waals surface area (Å²) in [7, 11) is 0. The first-order valence-corrected chi connectivity index (χ1v) is 4.22. The van der Waals surface area contributed by atoms with Gasteiger partial charge in [-0.3, -0.25) is 0 Å². The van der Waals surface area contributed by atoms with E-state index in [1.165, 1.54) is 6.42 Å². The highest BCUT2D eigenvalue weighted by Gasteiger charge is 2.31. The summed E-state index contributed by atoms with van der Waals surface area (Å²) in [5, 5.41) is 0. The summed E-state index contributed by atoms with van der Waals surface area (Å²) in [4.78, 5) is 10.6. The number of aldehydes is 1. The van der Waals surface area contributed by atoms with Crippen LogP contribution in [-0.2, 0) is 4.79 Å². The molecule has 0 heterocycles. The fraction of sp³-hybridized carbons (Fsp3) is 0.700. The molecule has 1 unspecified atom stereocenters. The Hall–Kier alpha value is -0.590. The van der Waals surface area contributed by atoms with E-state index in [1.807, 2.05) is 0 Å². The van der Waals surface area contributed by atoms with E-state index in [1.54, 1.807) is 0 Å². The number of hydrogen-bond acceptors (Lipinski definition) is 1. The van der Waals surface area contributed by atoms with Crippen LogP contribution in [0.15, 0.2) is 12.2 Å². The molecule has 0 amide bonds. The van der Waals surface area contributed by atoms with Gasteiger partial charge in [0.05, 0.1) is 0 Å². The molecule has 1 nitrogen and oxygen atoms in total. The molecule has 0 aromatic rings. The fourth-order valence-electron chi connectivity index (χ4n) is 1.75. The van der Waals surface area contributed by atoms with Crippen LogP contribution < -0.4 is 0 Å². The van der Waals surface area contributed by atoms with Crippen LogP contribution in [0.1, 0.15) is 33.1 Å². The van der Waals surface area contributed by atoms with E-state index in [0.717, 1.165) is 24.7 Å². The Labute approximate surface area is 68.5 Å². The van der Waals surface area contributed by atoms with E-state index in [-0.39, 0.29) is 11.3 Å². The molecule has 1 atom stereocenters. The van der Waals surface area contributed by atoms with Crippen molar-refractivity contribution in [1.29, 1.82) is 0 Å². The summed E-state index contributed by atoms with van der Waals surface area (Å²) >= 11 is 0. The van der Waals surface area contributed by atoms with Crippen molar-refractivity contribution in [3.05, 3.63) is 12.2 Å². The molecule has 1 heteroatoms. The molecular formula is C10H16O. The minimum atomic E-state index is 0.124. The molecule has 0 aromatic heterocycles. The van der Waals surface area contributed by atoms with Crippen molar-refractivity contribution in [2.24, 2.45) is 11.3 Å². The Morgan fingerprint density at radius 3 is 2.73 bits per heavy atom. The lowest BCUT2D eigenvalue weighted by molar-refractivity contribution is -0.111. The molecule has 1 rings (SSSR count). The van der Waals surface area contributed by atoms with Gasteiger partial charge in [-0.15, -0.1) is 0 Å². The third-order valence-corrected chi connectivity index (χ3v) is 2.80. The summed E-state index contributed by atoms with van der Waals surface area (Å²) in [6, 6.07) is 0. The zero-order valence-corrected chi connectivity index (χ0v) is 7.39. The maximum Gasteiger partial charge on any atom is 0.127 e. The molecule has 1 aliphatic rings. The molecular weight excluding hydrogens is 136 g/mol. The lowest BCUT2D eigenvalue weighted by Gasteiger charge is -2.35. The largest absolute Gasteiger partial charge is 0.303 e. The van der Waals surface area contributed by atoms with E-state index >= 15 is 0 Å². The Balaban J connectivity index is 2.75. The zero-order valence-electron chi connectivity index (χ0n) is 7.39. The van der Waals surface area contributed by atoms with Crippen LogP contribution in [0.3, 0.4) is 0 Å². The van der Waals surface area contributed by atoms with Crippen LogP contribution in [0.5, 0.6) is 0 Å². The molecule has 0 aliphatic heterocycles. The highest BCUT2D eigenvalue weighted by atomic mass is 16.1. The molecule has 62 valence electrons. The van der Waals surface area contributed by atoms with Crippen molar-refractivity contribution in [1.82, 2.24) is 0 Å². The van der Waals surface area contributed by atoms with Gasteiger partial charge in [-0.2, -0.15) is 0 Å². The predicted molar refractivity (Wildman–Crippen MR) is 46.3 cm³/mol. The molecule has 1 saturated carbocycles. The molecule has 11 heavy (non-hydrogen) atoms. The Morgan fingerprint density at radius 1 is 1.64 bits per heavy atom. The van der Waals surface area contributed by atoms with E-state index in [2.05, 4.69) is 20.4 Å². The Morgan fingerprint density at radius 2 is 2.27 bits per heavy atom. The molecule has 0 spiro atoms. The third kappa shape index (κ3) is 1.52. The molecule has 0 N–H and O–H groups in total. The van der Waals surface area contributed by atoms with E-state index in [0.29, 0.717) is 0 Å². The molecule has 0 bridgehead atoms. The maximum atomic E-state index is 10.6. The van der Waals surface area contributed by atoms with Crippen molar-refractivity contribution in [3.63, 3.8) is 0 Å². The van der Waals surface area contributed by atoms with Crippen LogP contribution in [-0.4, -0.2) is 6.29 Å². The number of carbonyl (C=O) groups is 1. The predicted octanol–water partition coefficient (Wildman–Crippen LogP) is 2.57. The average Bonchev–Trinajstić information content (AvgIpc) is 1.95. The van der Waals surface area contributed by atoms with E-state index in [4.69, 9.17) is 0 Å². The van der Waals surface area contributed by atoms with E-state index < -0.39 is 0 Å². The summed E-state index contributed by atoms with van der Waals surface area (Å²) < 4.78 is 0. The second-order valence-electron chi connectivity index (χ2n) is 4.04. The average molecular weight is 152 g/mol. The van der Waals surface area contributed by atoms with Crippen LogP contribution in [0.2, 0.25) is 0 Å². The highest BCUT2D eigenvalue weighted by molar-refractivity contribution is 5.59. The topological polar surface area (TPSA) is 17.1 Å². The van der Waals surface area contributed by atoms with Gasteiger partial charge in [-0.05, 0) is 18.3 Å². The standard InChI is InChI=1S/C10H16O/c1-8-9(7-11)5-4-6-10(8,2)3/h7,9H,1,4-6H2,2-3H3. The van der Waals surface area contributed by atoms with Crippen LogP contribution in [0, 0.1) is 11.3 Å². The first-order chi connectivity index (χ1) is 5.08. The number of carbonyl (C=O) groups excluding carboxylic acids is 1. The second kappa shape index (κ2) is 2.80. The normalized spacial score (nSPS) is 30.0. The zero-order chi connectivity index (χ0) is 8.48. The minimum absolute atomic E-state index is 0.124. The van der Waals surface area contributed by atoms with Gasteiger partial charge in [0.15, 0.2) is 0 Å². The molecule has 1 fully saturated rings.